The number of methoxy groups -OCH3 is 1. The van der Waals surface area contributed by atoms with E-state index in [-0.39, 0.29) is 23.0 Å². The fourth-order valence-electron chi connectivity index (χ4n) is 2.27. The van der Waals surface area contributed by atoms with Crippen LogP contribution < -0.4 is 10.5 Å². The summed E-state index contributed by atoms with van der Waals surface area (Å²) in [5.74, 6) is -0.0174. The van der Waals surface area contributed by atoms with E-state index in [2.05, 4.69) is 0 Å². The van der Waals surface area contributed by atoms with Gasteiger partial charge in [0.1, 0.15) is 11.8 Å². The molecule has 23 heavy (non-hydrogen) atoms. The van der Waals surface area contributed by atoms with Crippen molar-refractivity contribution >= 4 is 11.7 Å². The third-order valence-corrected chi connectivity index (χ3v) is 3.28. The lowest BCUT2D eigenvalue weighted by Crippen LogP contribution is -2.13. The molecule has 0 saturated carbocycles. The molecule has 1 aromatic carbocycles. The molecule has 6 nitrogen and oxygen atoms in total. The zero-order valence-electron chi connectivity index (χ0n) is 13.6. The Labute approximate surface area is 135 Å². The summed E-state index contributed by atoms with van der Waals surface area (Å²) in [7, 11) is 1.27. The van der Waals surface area contributed by atoms with Crippen LogP contribution in [0.3, 0.4) is 0 Å². The number of benzene rings is 1. The smallest absolute Gasteiger partial charge is 0.357 e. The average Bonchev–Trinajstić information content (AvgIpc) is 2.84. The zero-order chi connectivity index (χ0) is 17.1. The van der Waals surface area contributed by atoms with Crippen LogP contribution in [-0.4, -0.2) is 23.8 Å². The van der Waals surface area contributed by atoms with Gasteiger partial charge in [0.15, 0.2) is 5.69 Å². The van der Waals surface area contributed by atoms with Crippen molar-refractivity contribution in [2.45, 2.75) is 26.9 Å². The number of rotatable bonds is 4. The molecule has 0 aliphatic carbocycles. The topological polar surface area (TPSA) is 90.3 Å². The number of carbonyl (C=O) groups excluding carboxylic acids is 1. The largest absolute Gasteiger partial charge is 0.489 e. The molecule has 0 atom stereocenters. The van der Waals surface area contributed by atoms with E-state index in [0.717, 1.165) is 5.56 Å². The van der Waals surface area contributed by atoms with Gasteiger partial charge in [-0.05, 0) is 38.5 Å². The quantitative estimate of drug-likeness (QED) is 0.876. The number of ether oxygens (including phenoxy) is 2. The summed E-state index contributed by atoms with van der Waals surface area (Å²) >= 11 is 0. The number of nitrogens with zero attached hydrogens (tertiary/aromatic N) is 2. The van der Waals surface area contributed by atoms with Gasteiger partial charge in [-0.3, -0.25) is 0 Å². The van der Waals surface area contributed by atoms with Crippen molar-refractivity contribution in [1.82, 2.24) is 4.57 Å². The minimum Gasteiger partial charge on any atom is -0.489 e. The lowest BCUT2D eigenvalue weighted by molar-refractivity contribution is 0.0593. The van der Waals surface area contributed by atoms with Gasteiger partial charge in [-0.25, -0.2) is 4.79 Å². The molecule has 0 aliphatic heterocycles. The Balaban J connectivity index is 2.74. The third kappa shape index (κ3) is 3.14. The Morgan fingerprint density at radius 2 is 2.09 bits per heavy atom. The fraction of sp³-hybridized carbons (Fsp3) is 0.294. The van der Waals surface area contributed by atoms with E-state index < -0.39 is 5.97 Å². The Hall–Kier alpha value is -2.94. The summed E-state index contributed by atoms with van der Waals surface area (Å²) in [5, 5.41) is 9.20. The molecule has 2 aromatic rings. The summed E-state index contributed by atoms with van der Waals surface area (Å²) in [4.78, 5) is 12.1. The highest BCUT2D eigenvalue weighted by atomic mass is 16.5. The summed E-state index contributed by atoms with van der Waals surface area (Å²) in [6.45, 7) is 5.75. The highest BCUT2D eigenvalue weighted by molar-refractivity contribution is 5.96. The molecule has 0 aliphatic rings. The van der Waals surface area contributed by atoms with E-state index in [1.165, 1.54) is 13.3 Å². The standard InChI is InChI=1S/C17H19N3O3/c1-10(2)23-14-6-5-11(3)7-13(14)20-9-12(8-18)15(19)16(20)17(21)22-4/h5-7,9-10H,19H2,1-4H3. The van der Waals surface area contributed by atoms with Crippen molar-refractivity contribution in [2.75, 3.05) is 12.8 Å². The SMILES string of the molecule is COC(=O)c1c(N)c(C#N)cn1-c1cc(C)ccc1OC(C)C. The molecular formula is C17H19N3O3. The summed E-state index contributed by atoms with van der Waals surface area (Å²) in [6.07, 6.45) is 1.48. The van der Waals surface area contributed by atoms with Gasteiger partial charge in [0, 0.05) is 6.20 Å². The van der Waals surface area contributed by atoms with Crippen molar-refractivity contribution in [3.63, 3.8) is 0 Å². The number of esters is 1. The molecule has 2 rings (SSSR count). The fourth-order valence-corrected chi connectivity index (χ4v) is 2.27. The van der Waals surface area contributed by atoms with Crippen LogP contribution in [0.5, 0.6) is 5.75 Å². The van der Waals surface area contributed by atoms with Crippen molar-refractivity contribution in [3.8, 4) is 17.5 Å². The predicted octanol–water partition coefficient (Wildman–Crippen LogP) is 2.81. The van der Waals surface area contributed by atoms with E-state index in [1.807, 2.05) is 45.0 Å². The van der Waals surface area contributed by atoms with E-state index in [0.29, 0.717) is 11.4 Å². The van der Waals surface area contributed by atoms with Crippen LogP contribution in [0.1, 0.15) is 35.5 Å². The molecule has 0 amide bonds. The van der Waals surface area contributed by atoms with Gasteiger partial charge in [0.05, 0.1) is 30.2 Å². The second kappa shape index (κ2) is 6.44. The first kappa shape index (κ1) is 16.4. The summed E-state index contributed by atoms with van der Waals surface area (Å²) in [5.41, 5.74) is 7.97. The minimum absolute atomic E-state index is 0.0404. The first-order valence-corrected chi connectivity index (χ1v) is 7.16. The summed E-state index contributed by atoms with van der Waals surface area (Å²) in [6, 6.07) is 7.59. The highest BCUT2D eigenvalue weighted by Crippen LogP contribution is 2.31. The maximum absolute atomic E-state index is 12.1. The van der Waals surface area contributed by atoms with E-state index >= 15 is 0 Å². The lowest BCUT2D eigenvalue weighted by atomic mass is 10.2. The molecular weight excluding hydrogens is 294 g/mol. The number of nitriles is 1. The Kier molecular flexibility index (Phi) is 4.60. The molecule has 2 N–H and O–H groups in total. The van der Waals surface area contributed by atoms with Crippen LogP contribution in [0.4, 0.5) is 5.69 Å². The van der Waals surface area contributed by atoms with Crippen LogP contribution >= 0.6 is 0 Å². The molecule has 0 bridgehead atoms. The van der Waals surface area contributed by atoms with Gasteiger partial charge < -0.3 is 19.8 Å². The summed E-state index contributed by atoms with van der Waals surface area (Å²) < 4.78 is 12.2. The van der Waals surface area contributed by atoms with Gasteiger partial charge in [0.25, 0.3) is 0 Å². The molecule has 0 saturated heterocycles. The van der Waals surface area contributed by atoms with Crippen LogP contribution in [0, 0.1) is 18.3 Å². The first-order valence-electron chi connectivity index (χ1n) is 7.16. The van der Waals surface area contributed by atoms with Crippen LogP contribution in [0.25, 0.3) is 5.69 Å². The minimum atomic E-state index is -0.610. The van der Waals surface area contributed by atoms with Crippen LogP contribution in [0.15, 0.2) is 24.4 Å². The predicted molar refractivity (Wildman–Crippen MR) is 86.7 cm³/mol. The monoisotopic (exact) mass is 313 g/mol. The zero-order valence-corrected chi connectivity index (χ0v) is 13.6. The molecule has 6 heteroatoms. The number of aromatic nitrogens is 1. The number of hydrogen-bond donors (Lipinski definition) is 1. The lowest BCUT2D eigenvalue weighted by Gasteiger charge is -2.17. The second-order valence-electron chi connectivity index (χ2n) is 5.42. The van der Waals surface area contributed by atoms with Gasteiger partial charge in [0.2, 0.25) is 0 Å². The number of nitrogen functional groups attached to an aromatic ring is 1. The van der Waals surface area contributed by atoms with Gasteiger partial charge >= 0.3 is 5.97 Å². The van der Waals surface area contributed by atoms with Crippen LogP contribution in [-0.2, 0) is 4.74 Å². The second-order valence-corrected chi connectivity index (χ2v) is 5.42. The van der Waals surface area contributed by atoms with Gasteiger partial charge in [-0.1, -0.05) is 6.07 Å². The Morgan fingerprint density at radius 1 is 1.39 bits per heavy atom. The Morgan fingerprint density at radius 3 is 2.65 bits per heavy atom. The van der Waals surface area contributed by atoms with E-state index in [1.54, 1.807) is 4.57 Å². The maximum Gasteiger partial charge on any atom is 0.357 e. The van der Waals surface area contributed by atoms with Crippen molar-refractivity contribution in [1.29, 1.82) is 5.26 Å². The normalized spacial score (nSPS) is 10.4. The molecule has 1 aromatic heterocycles. The molecule has 0 radical (unpaired) electrons. The number of hydrogen-bond acceptors (Lipinski definition) is 5. The Bertz CT molecular complexity index is 785. The molecule has 0 fully saturated rings. The molecule has 0 unspecified atom stereocenters. The van der Waals surface area contributed by atoms with E-state index in [4.69, 9.17) is 15.2 Å². The van der Waals surface area contributed by atoms with Crippen molar-refractivity contribution in [3.05, 3.63) is 41.2 Å². The third-order valence-electron chi connectivity index (χ3n) is 3.28. The molecule has 120 valence electrons. The number of anilines is 1. The molecule has 1 heterocycles. The van der Waals surface area contributed by atoms with Crippen LogP contribution in [0.2, 0.25) is 0 Å². The van der Waals surface area contributed by atoms with Crippen molar-refractivity contribution in [2.24, 2.45) is 0 Å². The number of carbonyl (C=O) groups is 1. The average molecular weight is 313 g/mol. The van der Waals surface area contributed by atoms with Gasteiger partial charge in [-0.2, -0.15) is 5.26 Å². The number of nitrogens with two attached hydrogens (primary N) is 1. The van der Waals surface area contributed by atoms with Gasteiger partial charge in [-0.15, -0.1) is 0 Å². The maximum atomic E-state index is 12.1. The van der Waals surface area contributed by atoms with E-state index in [9.17, 15) is 10.1 Å². The molecule has 0 spiro atoms. The first-order chi connectivity index (χ1) is 10.9. The van der Waals surface area contributed by atoms with Crippen molar-refractivity contribution < 1.29 is 14.3 Å². The number of aryl methyl sites for hydroxylation is 1. The highest BCUT2D eigenvalue weighted by Gasteiger charge is 2.23.